The summed E-state index contributed by atoms with van der Waals surface area (Å²) in [5, 5.41) is 0. The second-order valence-corrected chi connectivity index (χ2v) is 3.00. The first kappa shape index (κ1) is 8.16. The Morgan fingerprint density at radius 1 is 1.55 bits per heavy atom. The van der Waals surface area contributed by atoms with Gasteiger partial charge in [-0.25, -0.2) is 4.39 Å². The van der Waals surface area contributed by atoms with Crippen molar-refractivity contribution in [2.24, 2.45) is 0 Å². The summed E-state index contributed by atoms with van der Waals surface area (Å²) < 4.78 is 12.5. The predicted molar refractivity (Wildman–Crippen MR) is 46.0 cm³/mol. The number of rotatable bonds is 2. The molecule has 0 amide bonds. The molecule has 0 nitrogen and oxygen atoms in total. The molecule has 0 aliphatic carbocycles. The molecule has 1 rings (SSSR count). The second kappa shape index (κ2) is 4.05. The van der Waals surface area contributed by atoms with E-state index >= 15 is 0 Å². The van der Waals surface area contributed by atoms with Gasteiger partial charge in [-0.05, 0) is 18.2 Å². The third kappa shape index (κ3) is 2.65. The van der Waals surface area contributed by atoms with Gasteiger partial charge in [-0.2, -0.15) is 0 Å². The van der Waals surface area contributed by atoms with E-state index in [-0.39, 0.29) is 5.82 Å². The van der Waals surface area contributed by atoms with Gasteiger partial charge < -0.3 is 0 Å². The molecule has 1 aromatic rings. The summed E-state index contributed by atoms with van der Waals surface area (Å²) >= 11 is 1.46. The lowest BCUT2D eigenvalue weighted by Gasteiger charge is -1.95. The standard InChI is InChI=1S/C9H7FS/c1-2-6-11-9-5-3-4-8(10)7-9/h1,3-5,7H,6H2. The molecule has 11 heavy (non-hydrogen) atoms. The summed E-state index contributed by atoms with van der Waals surface area (Å²) in [5.74, 6) is 2.85. The third-order valence-electron chi connectivity index (χ3n) is 1.12. The molecule has 0 radical (unpaired) electrons. The molecule has 0 saturated carbocycles. The molecule has 0 saturated heterocycles. The summed E-state index contributed by atoms with van der Waals surface area (Å²) in [4.78, 5) is 0.878. The molecule has 0 aliphatic rings. The number of thioether (sulfide) groups is 1. The molecule has 0 N–H and O–H groups in total. The van der Waals surface area contributed by atoms with Crippen molar-refractivity contribution >= 4 is 11.8 Å². The molecule has 56 valence electrons. The van der Waals surface area contributed by atoms with E-state index in [1.807, 2.05) is 6.07 Å². The lowest BCUT2D eigenvalue weighted by atomic mass is 10.4. The second-order valence-electron chi connectivity index (χ2n) is 1.95. The van der Waals surface area contributed by atoms with E-state index in [0.717, 1.165) is 4.90 Å². The number of benzene rings is 1. The Kier molecular flexibility index (Phi) is 3.00. The number of hydrogen-bond acceptors (Lipinski definition) is 1. The molecule has 1 aromatic carbocycles. The molecule has 0 aromatic heterocycles. The average Bonchev–Trinajstić information content (AvgIpc) is 2.01. The van der Waals surface area contributed by atoms with Gasteiger partial charge in [0.15, 0.2) is 0 Å². The van der Waals surface area contributed by atoms with Crippen LogP contribution in [-0.2, 0) is 0 Å². The fourth-order valence-electron chi connectivity index (χ4n) is 0.682. The Morgan fingerprint density at radius 3 is 3.00 bits per heavy atom. The van der Waals surface area contributed by atoms with Gasteiger partial charge in [0.05, 0.1) is 5.75 Å². The zero-order chi connectivity index (χ0) is 8.10. The average molecular weight is 166 g/mol. The number of hydrogen-bond donors (Lipinski definition) is 0. The van der Waals surface area contributed by atoms with Crippen LogP contribution in [0.1, 0.15) is 0 Å². The maximum absolute atomic E-state index is 12.5. The molecule has 0 aliphatic heterocycles. The van der Waals surface area contributed by atoms with Gasteiger partial charge in [-0.1, -0.05) is 12.0 Å². The number of terminal acetylenes is 1. The molecular weight excluding hydrogens is 159 g/mol. The van der Waals surface area contributed by atoms with Gasteiger partial charge in [0.25, 0.3) is 0 Å². The topological polar surface area (TPSA) is 0 Å². The van der Waals surface area contributed by atoms with Crippen LogP contribution in [0.15, 0.2) is 29.2 Å². The predicted octanol–water partition coefficient (Wildman–Crippen LogP) is 2.55. The lowest BCUT2D eigenvalue weighted by molar-refractivity contribution is 0.624. The third-order valence-corrected chi connectivity index (χ3v) is 2.02. The Morgan fingerprint density at radius 2 is 2.36 bits per heavy atom. The normalized spacial score (nSPS) is 9.09. The van der Waals surface area contributed by atoms with E-state index in [1.165, 1.54) is 23.9 Å². The van der Waals surface area contributed by atoms with Crippen molar-refractivity contribution in [3.05, 3.63) is 30.1 Å². The highest BCUT2D eigenvalue weighted by Crippen LogP contribution is 2.17. The zero-order valence-electron chi connectivity index (χ0n) is 5.88. The van der Waals surface area contributed by atoms with Crippen LogP contribution in [0, 0.1) is 18.2 Å². The quantitative estimate of drug-likeness (QED) is 0.480. The van der Waals surface area contributed by atoms with Gasteiger partial charge in [0, 0.05) is 4.90 Å². The first-order chi connectivity index (χ1) is 5.33. The van der Waals surface area contributed by atoms with Crippen LogP contribution < -0.4 is 0 Å². The SMILES string of the molecule is C#CCSc1cccc(F)c1. The largest absolute Gasteiger partial charge is 0.207 e. The van der Waals surface area contributed by atoms with E-state index in [1.54, 1.807) is 6.07 Å². The lowest BCUT2D eigenvalue weighted by Crippen LogP contribution is -1.76. The van der Waals surface area contributed by atoms with Gasteiger partial charge in [-0.15, -0.1) is 18.2 Å². The van der Waals surface area contributed by atoms with Crippen LogP contribution in [0.4, 0.5) is 4.39 Å². The van der Waals surface area contributed by atoms with Gasteiger partial charge in [-0.3, -0.25) is 0 Å². The maximum atomic E-state index is 12.5. The van der Waals surface area contributed by atoms with Crippen molar-refractivity contribution in [1.29, 1.82) is 0 Å². The summed E-state index contributed by atoms with van der Waals surface area (Å²) in [6.45, 7) is 0. The highest BCUT2D eigenvalue weighted by atomic mass is 32.2. The van der Waals surface area contributed by atoms with Crippen LogP contribution in [0.3, 0.4) is 0 Å². The fraction of sp³-hybridized carbons (Fsp3) is 0.111. The monoisotopic (exact) mass is 166 g/mol. The van der Waals surface area contributed by atoms with Crippen molar-refractivity contribution in [3.63, 3.8) is 0 Å². The van der Waals surface area contributed by atoms with E-state index in [9.17, 15) is 4.39 Å². The zero-order valence-corrected chi connectivity index (χ0v) is 6.70. The summed E-state index contributed by atoms with van der Waals surface area (Å²) in [7, 11) is 0. The summed E-state index contributed by atoms with van der Waals surface area (Å²) in [6.07, 6.45) is 5.05. The smallest absolute Gasteiger partial charge is 0.124 e. The van der Waals surface area contributed by atoms with E-state index < -0.39 is 0 Å². The molecular formula is C9H7FS. The molecule has 0 spiro atoms. The van der Waals surface area contributed by atoms with Crippen LogP contribution in [-0.4, -0.2) is 5.75 Å². The minimum atomic E-state index is -0.216. The van der Waals surface area contributed by atoms with Crippen molar-refractivity contribution in [3.8, 4) is 12.3 Å². The first-order valence-electron chi connectivity index (χ1n) is 3.15. The Balaban J connectivity index is 2.65. The minimum absolute atomic E-state index is 0.216. The molecule has 2 heteroatoms. The van der Waals surface area contributed by atoms with Crippen LogP contribution in [0.25, 0.3) is 0 Å². The van der Waals surface area contributed by atoms with E-state index in [0.29, 0.717) is 5.75 Å². The first-order valence-corrected chi connectivity index (χ1v) is 4.13. The van der Waals surface area contributed by atoms with Gasteiger partial charge in [0.2, 0.25) is 0 Å². The van der Waals surface area contributed by atoms with Gasteiger partial charge >= 0.3 is 0 Å². The minimum Gasteiger partial charge on any atom is -0.207 e. The van der Waals surface area contributed by atoms with Crippen molar-refractivity contribution in [1.82, 2.24) is 0 Å². The van der Waals surface area contributed by atoms with Crippen LogP contribution >= 0.6 is 11.8 Å². The molecule has 0 fully saturated rings. The molecule has 0 atom stereocenters. The van der Waals surface area contributed by atoms with E-state index in [4.69, 9.17) is 6.42 Å². The Labute approximate surface area is 69.8 Å². The maximum Gasteiger partial charge on any atom is 0.124 e. The van der Waals surface area contributed by atoms with Crippen LogP contribution in [0.2, 0.25) is 0 Å². The number of halogens is 1. The molecule has 0 unspecified atom stereocenters. The van der Waals surface area contributed by atoms with Crippen molar-refractivity contribution < 1.29 is 4.39 Å². The Bertz CT molecular complexity index is 275. The Hall–Kier alpha value is -0.940. The van der Waals surface area contributed by atoms with E-state index in [2.05, 4.69) is 5.92 Å². The van der Waals surface area contributed by atoms with Gasteiger partial charge in [0.1, 0.15) is 5.82 Å². The van der Waals surface area contributed by atoms with Crippen molar-refractivity contribution in [2.45, 2.75) is 4.90 Å². The fourth-order valence-corrected chi connectivity index (χ4v) is 1.30. The molecule has 0 heterocycles. The van der Waals surface area contributed by atoms with Crippen molar-refractivity contribution in [2.75, 3.05) is 5.75 Å². The summed E-state index contributed by atoms with van der Waals surface area (Å²) in [6, 6.07) is 6.40. The highest BCUT2D eigenvalue weighted by molar-refractivity contribution is 7.99. The summed E-state index contributed by atoms with van der Waals surface area (Å²) in [5.41, 5.74) is 0. The molecule has 0 bridgehead atoms. The highest BCUT2D eigenvalue weighted by Gasteiger charge is 1.92. The van der Waals surface area contributed by atoms with Crippen LogP contribution in [0.5, 0.6) is 0 Å².